The Morgan fingerprint density at radius 1 is 1.53 bits per heavy atom. The SMILES string of the molecule is CC1(C)CCCN2c3ncc(Br)cc3NCC21. The summed E-state index contributed by atoms with van der Waals surface area (Å²) in [4.78, 5) is 7.07. The quantitative estimate of drug-likeness (QED) is 0.796. The van der Waals surface area contributed by atoms with Crippen LogP contribution in [0.3, 0.4) is 0 Å². The fraction of sp³-hybridized carbons (Fsp3) is 0.615. The molecule has 92 valence electrons. The van der Waals surface area contributed by atoms with Crippen molar-refractivity contribution < 1.29 is 0 Å². The molecule has 0 saturated carbocycles. The molecule has 2 aliphatic rings. The number of pyridine rings is 1. The van der Waals surface area contributed by atoms with Gasteiger partial charge < -0.3 is 10.2 Å². The Morgan fingerprint density at radius 2 is 2.35 bits per heavy atom. The second kappa shape index (κ2) is 3.87. The first-order valence-electron chi connectivity index (χ1n) is 6.24. The molecule has 0 aromatic carbocycles. The Bertz CT molecular complexity index is 444. The lowest BCUT2D eigenvalue weighted by atomic mass is 9.75. The Hall–Kier alpha value is -0.770. The molecular formula is C13H18BrN3. The third kappa shape index (κ3) is 1.82. The van der Waals surface area contributed by atoms with E-state index >= 15 is 0 Å². The van der Waals surface area contributed by atoms with E-state index in [9.17, 15) is 0 Å². The molecule has 0 bridgehead atoms. The van der Waals surface area contributed by atoms with Gasteiger partial charge in [-0.25, -0.2) is 4.98 Å². The molecule has 1 aromatic heterocycles. The molecule has 0 aliphatic carbocycles. The van der Waals surface area contributed by atoms with Crippen LogP contribution in [0.2, 0.25) is 0 Å². The van der Waals surface area contributed by atoms with Gasteiger partial charge in [-0.1, -0.05) is 13.8 Å². The average Bonchev–Trinajstić information content (AvgIpc) is 2.27. The minimum Gasteiger partial charge on any atom is -0.380 e. The molecule has 0 spiro atoms. The van der Waals surface area contributed by atoms with Gasteiger partial charge in [0.1, 0.15) is 0 Å². The number of piperidine rings is 1. The van der Waals surface area contributed by atoms with Crippen molar-refractivity contribution in [2.24, 2.45) is 5.41 Å². The van der Waals surface area contributed by atoms with E-state index < -0.39 is 0 Å². The second-order valence-corrected chi connectivity index (χ2v) is 6.62. The first-order chi connectivity index (χ1) is 8.08. The molecule has 1 atom stereocenters. The van der Waals surface area contributed by atoms with Crippen molar-refractivity contribution in [2.45, 2.75) is 32.7 Å². The van der Waals surface area contributed by atoms with Crippen LogP contribution >= 0.6 is 15.9 Å². The Kier molecular flexibility index (Phi) is 2.58. The first kappa shape index (κ1) is 11.3. The zero-order valence-corrected chi connectivity index (χ0v) is 11.9. The van der Waals surface area contributed by atoms with E-state index in [1.54, 1.807) is 0 Å². The smallest absolute Gasteiger partial charge is 0.152 e. The van der Waals surface area contributed by atoms with Crippen LogP contribution in [0.15, 0.2) is 16.7 Å². The number of anilines is 2. The summed E-state index contributed by atoms with van der Waals surface area (Å²) in [6, 6.07) is 2.69. The highest BCUT2D eigenvalue weighted by atomic mass is 79.9. The first-order valence-corrected chi connectivity index (χ1v) is 7.03. The van der Waals surface area contributed by atoms with Crippen molar-refractivity contribution >= 4 is 27.4 Å². The molecular weight excluding hydrogens is 278 g/mol. The van der Waals surface area contributed by atoms with Gasteiger partial charge in [0.05, 0.1) is 11.7 Å². The number of hydrogen-bond acceptors (Lipinski definition) is 3. The molecule has 1 saturated heterocycles. The number of halogens is 1. The van der Waals surface area contributed by atoms with E-state index in [4.69, 9.17) is 0 Å². The second-order valence-electron chi connectivity index (χ2n) is 5.71. The highest BCUT2D eigenvalue weighted by Crippen LogP contribution is 2.42. The van der Waals surface area contributed by atoms with Crippen molar-refractivity contribution in [3.05, 3.63) is 16.7 Å². The zero-order valence-electron chi connectivity index (χ0n) is 10.3. The van der Waals surface area contributed by atoms with E-state index in [0.29, 0.717) is 11.5 Å². The topological polar surface area (TPSA) is 28.2 Å². The molecule has 3 nitrogen and oxygen atoms in total. The fourth-order valence-electron chi connectivity index (χ4n) is 3.09. The molecule has 3 heterocycles. The molecule has 17 heavy (non-hydrogen) atoms. The summed E-state index contributed by atoms with van der Waals surface area (Å²) in [5.74, 6) is 1.12. The molecule has 0 radical (unpaired) electrons. The van der Waals surface area contributed by atoms with Crippen LogP contribution in [-0.4, -0.2) is 24.1 Å². The molecule has 3 rings (SSSR count). The van der Waals surface area contributed by atoms with Crippen LogP contribution in [0.25, 0.3) is 0 Å². The Labute approximate surface area is 111 Å². The van der Waals surface area contributed by atoms with Crippen LogP contribution in [0.1, 0.15) is 26.7 Å². The third-order valence-electron chi connectivity index (χ3n) is 4.09. The number of hydrogen-bond donors (Lipinski definition) is 1. The van der Waals surface area contributed by atoms with Crippen LogP contribution < -0.4 is 10.2 Å². The highest BCUT2D eigenvalue weighted by molar-refractivity contribution is 9.10. The molecule has 4 heteroatoms. The standard InChI is InChI=1S/C13H18BrN3/c1-13(2)4-3-5-17-11(13)8-15-10-6-9(14)7-16-12(10)17/h6-7,11,15H,3-5,8H2,1-2H3. The largest absolute Gasteiger partial charge is 0.380 e. The number of rotatable bonds is 0. The molecule has 1 unspecified atom stereocenters. The Balaban J connectivity index is 2.01. The summed E-state index contributed by atoms with van der Waals surface area (Å²) in [6.07, 6.45) is 4.47. The normalized spacial score (nSPS) is 25.8. The monoisotopic (exact) mass is 295 g/mol. The van der Waals surface area contributed by atoms with Gasteiger partial charge in [0, 0.05) is 23.8 Å². The van der Waals surface area contributed by atoms with Crippen LogP contribution in [-0.2, 0) is 0 Å². The van der Waals surface area contributed by atoms with Crippen LogP contribution in [0, 0.1) is 5.41 Å². The van der Waals surface area contributed by atoms with Gasteiger partial charge in [0.15, 0.2) is 5.82 Å². The van der Waals surface area contributed by atoms with Gasteiger partial charge in [-0.3, -0.25) is 0 Å². The summed E-state index contributed by atoms with van der Waals surface area (Å²) >= 11 is 3.48. The summed E-state index contributed by atoms with van der Waals surface area (Å²) in [5.41, 5.74) is 1.53. The van der Waals surface area contributed by atoms with Crippen molar-refractivity contribution in [3.8, 4) is 0 Å². The molecule has 1 fully saturated rings. The lowest BCUT2D eigenvalue weighted by Gasteiger charge is -2.50. The van der Waals surface area contributed by atoms with Gasteiger partial charge >= 0.3 is 0 Å². The van der Waals surface area contributed by atoms with Crippen molar-refractivity contribution in [1.82, 2.24) is 4.98 Å². The van der Waals surface area contributed by atoms with Crippen LogP contribution in [0.5, 0.6) is 0 Å². The van der Waals surface area contributed by atoms with Gasteiger partial charge in [-0.15, -0.1) is 0 Å². The lowest BCUT2D eigenvalue weighted by Crippen LogP contribution is -2.56. The molecule has 1 aromatic rings. The van der Waals surface area contributed by atoms with Crippen molar-refractivity contribution in [3.63, 3.8) is 0 Å². The number of nitrogens with zero attached hydrogens (tertiary/aromatic N) is 2. The van der Waals surface area contributed by atoms with Gasteiger partial charge in [0.2, 0.25) is 0 Å². The number of fused-ring (bicyclic) bond motifs is 3. The van der Waals surface area contributed by atoms with Crippen molar-refractivity contribution in [2.75, 3.05) is 23.3 Å². The molecule has 1 N–H and O–H groups in total. The van der Waals surface area contributed by atoms with Crippen LogP contribution in [0.4, 0.5) is 11.5 Å². The fourth-order valence-corrected chi connectivity index (χ4v) is 3.42. The van der Waals surface area contributed by atoms with Gasteiger partial charge in [-0.2, -0.15) is 0 Å². The average molecular weight is 296 g/mol. The predicted molar refractivity (Wildman–Crippen MR) is 74.6 cm³/mol. The minimum atomic E-state index is 0.373. The maximum Gasteiger partial charge on any atom is 0.152 e. The van der Waals surface area contributed by atoms with Crippen molar-refractivity contribution in [1.29, 1.82) is 0 Å². The lowest BCUT2D eigenvalue weighted by molar-refractivity contribution is 0.216. The van der Waals surface area contributed by atoms with E-state index in [1.807, 2.05) is 6.20 Å². The maximum atomic E-state index is 4.59. The van der Waals surface area contributed by atoms with E-state index in [1.165, 1.54) is 12.8 Å². The molecule has 2 aliphatic heterocycles. The minimum absolute atomic E-state index is 0.373. The summed E-state index contributed by atoms with van der Waals surface area (Å²) in [7, 11) is 0. The van der Waals surface area contributed by atoms with E-state index in [-0.39, 0.29) is 0 Å². The third-order valence-corrected chi connectivity index (χ3v) is 4.52. The van der Waals surface area contributed by atoms with Gasteiger partial charge in [-0.05, 0) is 40.3 Å². The summed E-state index contributed by atoms with van der Waals surface area (Å²) < 4.78 is 1.04. The predicted octanol–water partition coefficient (Wildman–Crippen LogP) is 3.26. The molecule has 0 amide bonds. The van der Waals surface area contributed by atoms with Gasteiger partial charge in [0.25, 0.3) is 0 Å². The van der Waals surface area contributed by atoms with E-state index in [2.05, 4.69) is 51.0 Å². The number of aromatic nitrogens is 1. The maximum absolute atomic E-state index is 4.59. The highest BCUT2D eigenvalue weighted by Gasteiger charge is 2.40. The summed E-state index contributed by atoms with van der Waals surface area (Å²) in [5, 5.41) is 3.52. The zero-order chi connectivity index (χ0) is 12.0. The number of nitrogens with one attached hydrogen (secondary N) is 1. The van der Waals surface area contributed by atoms with E-state index in [0.717, 1.165) is 29.1 Å². The summed E-state index contributed by atoms with van der Waals surface area (Å²) in [6.45, 7) is 6.90. The Morgan fingerprint density at radius 3 is 3.18 bits per heavy atom.